The summed E-state index contributed by atoms with van der Waals surface area (Å²) in [6.45, 7) is 3.60. The average Bonchev–Trinajstić information content (AvgIpc) is 2.98. The van der Waals surface area contributed by atoms with E-state index in [0.29, 0.717) is 6.04 Å². The van der Waals surface area contributed by atoms with Crippen LogP contribution in [0.25, 0.3) is 0 Å². The van der Waals surface area contributed by atoms with E-state index in [0.717, 1.165) is 49.9 Å². The van der Waals surface area contributed by atoms with Gasteiger partial charge in [0.2, 0.25) is 0 Å². The SMILES string of the molecule is Clc1cccc(NC2CCc3ccc(N4CCOCC4)cc32)c1. The first-order valence-corrected chi connectivity index (χ1v) is 8.65. The Morgan fingerprint density at radius 2 is 1.96 bits per heavy atom. The molecule has 1 saturated heterocycles. The fourth-order valence-electron chi connectivity index (χ4n) is 3.54. The highest BCUT2D eigenvalue weighted by atomic mass is 35.5. The monoisotopic (exact) mass is 328 g/mol. The van der Waals surface area contributed by atoms with Gasteiger partial charge in [-0.25, -0.2) is 0 Å². The Bertz CT molecular complexity index is 698. The number of morpholine rings is 1. The molecule has 1 fully saturated rings. The third-order valence-electron chi connectivity index (χ3n) is 4.75. The molecule has 23 heavy (non-hydrogen) atoms. The molecule has 1 atom stereocenters. The van der Waals surface area contributed by atoms with Crippen molar-refractivity contribution in [3.8, 4) is 0 Å². The average molecular weight is 329 g/mol. The zero-order valence-electron chi connectivity index (χ0n) is 13.1. The molecule has 1 aliphatic heterocycles. The maximum absolute atomic E-state index is 6.10. The Morgan fingerprint density at radius 1 is 1.09 bits per heavy atom. The number of aryl methyl sites for hydroxylation is 1. The standard InChI is InChI=1S/C19H21ClN2O/c20-15-2-1-3-16(12-15)21-19-7-5-14-4-6-17(13-18(14)19)22-8-10-23-11-9-22/h1-4,6,12-13,19,21H,5,7-11H2. The molecule has 2 aromatic carbocycles. The van der Waals surface area contributed by atoms with Crippen LogP contribution in [0.2, 0.25) is 5.02 Å². The van der Waals surface area contributed by atoms with Gasteiger partial charge in [0.25, 0.3) is 0 Å². The lowest BCUT2D eigenvalue weighted by Crippen LogP contribution is -2.36. The molecule has 0 saturated carbocycles. The van der Waals surface area contributed by atoms with E-state index in [2.05, 4.69) is 34.5 Å². The highest BCUT2D eigenvalue weighted by Crippen LogP contribution is 2.36. The van der Waals surface area contributed by atoms with E-state index in [4.69, 9.17) is 16.3 Å². The van der Waals surface area contributed by atoms with Crippen LogP contribution >= 0.6 is 11.6 Å². The van der Waals surface area contributed by atoms with E-state index < -0.39 is 0 Å². The highest BCUT2D eigenvalue weighted by molar-refractivity contribution is 6.30. The van der Waals surface area contributed by atoms with Gasteiger partial charge in [0, 0.05) is 29.5 Å². The lowest BCUT2D eigenvalue weighted by Gasteiger charge is -2.29. The van der Waals surface area contributed by atoms with E-state index >= 15 is 0 Å². The van der Waals surface area contributed by atoms with Gasteiger partial charge in [-0.05, 0) is 54.3 Å². The summed E-state index contributed by atoms with van der Waals surface area (Å²) < 4.78 is 5.46. The van der Waals surface area contributed by atoms with Gasteiger partial charge in [-0.1, -0.05) is 23.7 Å². The number of anilines is 2. The van der Waals surface area contributed by atoms with Gasteiger partial charge < -0.3 is 15.0 Å². The molecule has 1 N–H and O–H groups in total. The summed E-state index contributed by atoms with van der Waals surface area (Å²) in [4.78, 5) is 2.42. The van der Waals surface area contributed by atoms with Gasteiger partial charge in [-0.2, -0.15) is 0 Å². The normalized spacial score (nSPS) is 20.4. The van der Waals surface area contributed by atoms with Crippen molar-refractivity contribution in [2.45, 2.75) is 18.9 Å². The van der Waals surface area contributed by atoms with Gasteiger partial charge in [-0.15, -0.1) is 0 Å². The second kappa shape index (κ2) is 6.42. The molecule has 0 aromatic heterocycles. The Balaban J connectivity index is 1.57. The minimum absolute atomic E-state index is 0.365. The van der Waals surface area contributed by atoms with Crippen LogP contribution in [0, 0.1) is 0 Å². The summed E-state index contributed by atoms with van der Waals surface area (Å²) in [7, 11) is 0. The van der Waals surface area contributed by atoms with Crippen molar-refractivity contribution in [1.29, 1.82) is 0 Å². The van der Waals surface area contributed by atoms with Crippen molar-refractivity contribution in [3.05, 3.63) is 58.6 Å². The summed E-state index contributed by atoms with van der Waals surface area (Å²) >= 11 is 6.10. The van der Waals surface area contributed by atoms with Crippen molar-refractivity contribution in [2.24, 2.45) is 0 Å². The lowest BCUT2D eigenvalue weighted by molar-refractivity contribution is 0.122. The fraction of sp³-hybridized carbons (Fsp3) is 0.368. The second-order valence-corrected chi connectivity index (χ2v) is 6.66. The van der Waals surface area contributed by atoms with Crippen LogP contribution in [0.1, 0.15) is 23.6 Å². The van der Waals surface area contributed by atoms with Gasteiger partial charge in [-0.3, -0.25) is 0 Å². The minimum atomic E-state index is 0.365. The lowest BCUT2D eigenvalue weighted by atomic mass is 10.1. The molecule has 2 aliphatic rings. The van der Waals surface area contributed by atoms with Gasteiger partial charge >= 0.3 is 0 Å². The van der Waals surface area contributed by atoms with Crippen molar-refractivity contribution in [3.63, 3.8) is 0 Å². The molecular weight excluding hydrogens is 308 g/mol. The predicted molar refractivity (Wildman–Crippen MR) is 95.6 cm³/mol. The van der Waals surface area contributed by atoms with Gasteiger partial charge in [0.15, 0.2) is 0 Å². The molecule has 1 heterocycles. The van der Waals surface area contributed by atoms with E-state index in [1.807, 2.05) is 18.2 Å². The third-order valence-corrected chi connectivity index (χ3v) is 4.98. The highest BCUT2D eigenvalue weighted by Gasteiger charge is 2.24. The van der Waals surface area contributed by atoms with Crippen LogP contribution in [0.5, 0.6) is 0 Å². The van der Waals surface area contributed by atoms with Crippen molar-refractivity contribution in [2.75, 3.05) is 36.5 Å². The molecule has 120 valence electrons. The van der Waals surface area contributed by atoms with Crippen LogP contribution in [-0.4, -0.2) is 26.3 Å². The topological polar surface area (TPSA) is 24.5 Å². The fourth-order valence-corrected chi connectivity index (χ4v) is 3.73. The van der Waals surface area contributed by atoms with Gasteiger partial charge in [0.1, 0.15) is 0 Å². The molecule has 3 nitrogen and oxygen atoms in total. The molecule has 1 aliphatic carbocycles. The number of halogens is 1. The molecule has 0 radical (unpaired) electrons. The first-order chi connectivity index (χ1) is 11.3. The Kier molecular flexibility index (Phi) is 4.15. The summed E-state index contributed by atoms with van der Waals surface area (Å²) in [6, 6.07) is 15.2. The van der Waals surface area contributed by atoms with E-state index in [-0.39, 0.29) is 0 Å². The van der Waals surface area contributed by atoms with Crippen molar-refractivity contribution in [1.82, 2.24) is 0 Å². The van der Waals surface area contributed by atoms with Crippen LogP contribution in [0.4, 0.5) is 11.4 Å². The first-order valence-electron chi connectivity index (χ1n) is 8.27. The molecule has 4 heteroatoms. The predicted octanol–water partition coefficient (Wildman–Crippen LogP) is 4.28. The van der Waals surface area contributed by atoms with E-state index in [1.54, 1.807) is 0 Å². The van der Waals surface area contributed by atoms with Crippen LogP contribution in [0.3, 0.4) is 0 Å². The number of hydrogen-bond acceptors (Lipinski definition) is 3. The molecule has 1 unspecified atom stereocenters. The zero-order chi connectivity index (χ0) is 15.6. The van der Waals surface area contributed by atoms with E-state index in [1.165, 1.54) is 16.8 Å². The smallest absolute Gasteiger partial charge is 0.0642 e. The third kappa shape index (κ3) is 3.17. The van der Waals surface area contributed by atoms with Crippen LogP contribution in [0.15, 0.2) is 42.5 Å². The molecule has 0 bridgehead atoms. The summed E-state index contributed by atoms with van der Waals surface area (Å²) in [6.07, 6.45) is 2.27. The van der Waals surface area contributed by atoms with Crippen molar-refractivity contribution >= 4 is 23.0 Å². The number of benzene rings is 2. The summed E-state index contributed by atoms with van der Waals surface area (Å²) in [5.41, 5.74) is 5.29. The first kappa shape index (κ1) is 14.9. The molecular formula is C19H21ClN2O. The second-order valence-electron chi connectivity index (χ2n) is 6.23. The Labute approximate surface area is 142 Å². The number of nitrogens with one attached hydrogen (secondary N) is 1. The maximum Gasteiger partial charge on any atom is 0.0642 e. The number of ether oxygens (including phenoxy) is 1. The summed E-state index contributed by atoms with van der Waals surface area (Å²) in [5, 5.41) is 4.41. The van der Waals surface area contributed by atoms with E-state index in [9.17, 15) is 0 Å². The molecule has 0 amide bonds. The van der Waals surface area contributed by atoms with Crippen molar-refractivity contribution < 1.29 is 4.74 Å². The van der Waals surface area contributed by atoms with Gasteiger partial charge in [0.05, 0.1) is 19.3 Å². The Hall–Kier alpha value is -1.71. The molecule has 0 spiro atoms. The quantitative estimate of drug-likeness (QED) is 0.910. The number of rotatable bonds is 3. The maximum atomic E-state index is 6.10. The molecule has 4 rings (SSSR count). The Morgan fingerprint density at radius 3 is 2.78 bits per heavy atom. The van der Waals surface area contributed by atoms with Crippen LogP contribution in [-0.2, 0) is 11.2 Å². The largest absolute Gasteiger partial charge is 0.378 e. The van der Waals surface area contributed by atoms with Crippen LogP contribution < -0.4 is 10.2 Å². The number of hydrogen-bond donors (Lipinski definition) is 1. The number of nitrogens with zero attached hydrogens (tertiary/aromatic N) is 1. The molecule has 2 aromatic rings. The zero-order valence-corrected chi connectivity index (χ0v) is 13.9. The summed E-state index contributed by atoms with van der Waals surface area (Å²) in [5.74, 6) is 0. The minimum Gasteiger partial charge on any atom is -0.378 e. The number of fused-ring (bicyclic) bond motifs is 1.